The first-order valence-electron chi connectivity index (χ1n) is 10.4. The van der Waals surface area contributed by atoms with E-state index in [9.17, 15) is 18.0 Å². The van der Waals surface area contributed by atoms with E-state index in [-0.39, 0.29) is 30.6 Å². The Kier molecular flexibility index (Phi) is 6.38. The zero-order valence-electron chi connectivity index (χ0n) is 18.2. The molecule has 0 spiro atoms. The van der Waals surface area contributed by atoms with E-state index in [1.165, 1.54) is 22.1 Å². The van der Waals surface area contributed by atoms with Crippen molar-refractivity contribution in [2.75, 3.05) is 24.7 Å². The van der Waals surface area contributed by atoms with Crippen LogP contribution in [0.4, 0.5) is 5.69 Å². The number of rotatable bonds is 6. The Hall–Kier alpha value is -3.01. The summed E-state index contributed by atoms with van der Waals surface area (Å²) in [6.07, 6.45) is 1.54. The molecule has 0 radical (unpaired) electrons. The van der Waals surface area contributed by atoms with Crippen molar-refractivity contribution in [3.63, 3.8) is 0 Å². The predicted octanol–water partition coefficient (Wildman–Crippen LogP) is 3.12. The van der Waals surface area contributed by atoms with Crippen molar-refractivity contribution in [3.05, 3.63) is 65.8 Å². The van der Waals surface area contributed by atoms with E-state index in [1.54, 1.807) is 62.4 Å². The van der Waals surface area contributed by atoms with E-state index in [0.29, 0.717) is 21.6 Å². The lowest BCUT2D eigenvalue weighted by Gasteiger charge is -2.27. The molecule has 3 aromatic rings. The number of hydrogen-bond acceptors (Lipinski definition) is 5. The van der Waals surface area contributed by atoms with Crippen molar-refractivity contribution in [2.24, 2.45) is 0 Å². The number of anilines is 1. The zero-order chi connectivity index (χ0) is 23.8. The molecule has 0 saturated carbocycles. The first kappa shape index (κ1) is 23.2. The smallest absolute Gasteiger partial charge is 0.248 e. The third kappa shape index (κ3) is 4.57. The number of sulfonamides is 1. The second-order valence-electron chi connectivity index (χ2n) is 8.01. The Bertz CT molecular complexity index is 1310. The van der Waals surface area contributed by atoms with Gasteiger partial charge in [-0.2, -0.15) is 4.31 Å². The quantitative estimate of drug-likeness (QED) is 0.534. The molecule has 10 heteroatoms. The van der Waals surface area contributed by atoms with Gasteiger partial charge in [0.05, 0.1) is 12.1 Å². The lowest BCUT2D eigenvalue weighted by atomic mass is 10.2. The number of carbonyl (C=O) groups is 2. The van der Waals surface area contributed by atoms with Gasteiger partial charge in [0.2, 0.25) is 21.8 Å². The largest absolute Gasteiger partial charge is 0.314 e. The summed E-state index contributed by atoms with van der Waals surface area (Å²) in [6, 6.07) is 14.7. The molecule has 2 heterocycles. The van der Waals surface area contributed by atoms with Crippen molar-refractivity contribution in [1.29, 1.82) is 0 Å². The van der Waals surface area contributed by atoms with Crippen LogP contribution in [0.1, 0.15) is 13.8 Å². The van der Waals surface area contributed by atoms with Crippen LogP contribution in [0, 0.1) is 0 Å². The number of carbonyl (C=O) groups excluding carboxylic acids is 2. The summed E-state index contributed by atoms with van der Waals surface area (Å²) in [4.78, 5) is 32.7. The van der Waals surface area contributed by atoms with Gasteiger partial charge < -0.3 is 4.90 Å². The average molecular weight is 487 g/mol. The molecule has 4 rings (SSSR count). The molecule has 2 aromatic carbocycles. The molecule has 0 aliphatic carbocycles. The summed E-state index contributed by atoms with van der Waals surface area (Å²) < 4.78 is 28.2. The molecule has 33 heavy (non-hydrogen) atoms. The van der Waals surface area contributed by atoms with Crippen LogP contribution < -0.4 is 4.90 Å². The molecule has 1 saturated heterocycles. The Balaban J connectivity index is 1.57. The molecular weight excluding hydrogens is 464 g/mol. The van der Waals surface area contributed by atoms with E-state index in [4.69, 9.17) is 11.6 Å². The van der Waals surface area contributed by atoms with Gasteiger partial charge in [0, 0.05) is 28.3 Å². The highest BCUT2D eigenvalue weighted by molar-refractivity contribution is 7.89. The standard InChI is InChI=1S/C23H23ClN4O4S/c1-16(2)28(33(31,32)20-7-3-5-17-6-4-12-25-23(17)20)14-21(29)26-13-22(30)27(15-26)19-10-8-18(24)9-11-19/h3-12,16H,13-15H2,1-2H3. The summed E-state index contributed by atoms with van der Waals surface area (Å²) in [6.45, 7) is 2.95. The van der Waals surface area contributed by atoms with E-state index < -0.39 is 22.0 Å². The van der Waals surface area contributed by atoms with Crippen molar-refractivity contribution >= 4 is 50.0 Å². The fourth-order valence-corrected chi connectivity index (χ4v) is 5.63. The van der Waals surface area contributed by atoms with E-state index >= 15 is 0 Å². The molecule has 2 amide bonds. The van der Waals surface area contributed by atoms with Crippen LogP contribution >= 0.6 is 11.6 Å². The summed E-state index contributed by atoms with van der Waals surface area (Å²) in [5, 5.41) is 1.23. The van der Waals surface area contributed by atoms with Crippen LogP contribution in [0.15, 0.2) is 65.7 Å². The highest BCUT2D eigenvalue weighted by Crippen LogP contribution is 2.26. The van der Waals surface area contributed by atoms with Crippen LogP contribution in [0.25, 0.3) is 10.9 Å². The van der Waals surface area contributed by atoms with E-state index in [2.05, 4.69) is 4.98 Å². The van der Waals surface area contributed by atoms with Gasteiger partial charge in [0.15, 0.2) is 0 Å². The third-order valence-electron chi connectivity index (χ3n) is 5.48. The van der Waals surface area contributed by atoms with Gasteiger partial charge in [0.1, 0.15) is 18.1 Å². The van der Waals surface area contributed by atoms with Crippen molar-refractivity contribution in [1.82, 2.24) is 14.2 Å². The molecule has 1 aliphatic heterocycles. The number of nitrogens with zero attached hydrogens (tertiary/aromatic N) is 4. The molecule has 172 valence electrons. The maximum Gasteiger partial charge on any atom is 0.248 e. The van der Waals surface area contributed by atoms with E-state index in [1.807, 2.05) is 0 Å². The van der Waals surface area contributed by atoms with Crippen molar-refractivity contribution in [3.8, 4) is 0 Å². The van der Waals surface area contributed by atoms with Gasteiger partial charge in [-0.05, 0) is 50.2 Å². The van der Waals surface area contributed by atoms with Gasteiger partial charge >= 0.3 is 0 Å². The Morgan fingerprint density at radius 2 is 1.82 bits per heavy atom. The van der Waals surface area contributed by atoms with E-state index in [0.717, 1.165) is 4.31 Å². The normalized spacial score (nSPS) is 14.6. The highest BCUT2D eigenvalue weighted by Gasteiger charge is 2.36. The molecule has 1 fully saturated rings. The fraction of sp³-hybridized carbons (Fsp3) is 0.261. The summed E-state index contributed by atoms with van der Waals surface area (Å²) in [5.41, 5.74) is 0.971. The first-order valence-corrected chi connectivity index (χ1v) is 12.2. The molecule has 1 aliphatic rings. The number of fused-ring (bicyclic) bond motifs is 1. The minimum Gasteiger partial charge on any atom is -0.314 e. The molecule has 1 aromatic heterocycles. The number of hydrogen-bond donors (Lipinski definition) is 0. The number of benzene rings is 2. The fourth-order valence-electron chi connectivity index (χ4n) is 3.75. The highest BCUT2D eigenvalue weighted by atomic mass is 35.5. The molecule has 0 atom stereocenters. The first-order chi connectivity index (χ1) is 15.7. The summed E-state index contributed by atoms with van der Waals surface area (Å²) >= 11 is 5.92. The molecule has 0 bridgehead atoms. The number of aromatic nitrogens is 1. The van der Waals surface area contributed by atoms with Gasteiger partial charge in [-0.3, -0.25) is 19.5 Å². The number of halogens is 1. The predicted molar refractivity (Wildman–Crippen MR) is 126 cm³/mol. The number of amides is 2. The Morgan fingerprint density at radius 1 is 1.12 bits per heavy atom. The number of pyridine rings is 1. The van der Waals surface area contributed by atoms with Crippen molar-refractivity contribution in [2.45, 2.75) is 24.8 Å². The zero-order valence-corrected chi connectivity index (χ0v) is 19.8. The lowest BCUT2D eigenvalue weighted by molar-refractivity contribution is -0.132. The number of para-hydroxylation sites is 1. The monoisotopic (exact) mass is 486 g/mol. The summed E-state index contributed by atoms with van der Waals surface area (Å²) in [5.74, 6) is -0.701. The minimum absolute atomic E-state index is 0.0428. The topological polar surface area (TPSA) is 90.9 Å². The SMILES string of the molecule is CC(C)N(CC(=O)N1CC(=O)N(c2ccc(Cl)cc2)C1)S(=O)(=O)c1cccc2cccnc12. The van der Waals surface area contributed by atoms with Gasteiger partial charge in [-0.15, -0.1) is 0 Å². The lowest BCUT2D eigenvalue weighted by Crippen LogP contribution is -2.45. The minimum atomic E-state index is -4.03. The third-order valence-corrected chi connectivity index (χ3v) is 7.79. The van der Waals surface area contributed by atoms with Gasteiger partial charge in [-0.1, -0.05) is 29.8 Å². The molecule has 8 nitrogen and oxygen atoms in total. The maximum atomic E-state index is 13.5. The molecule has 0 N–H and O–H groups in total. The van der Waals surface area contributed by atoms with Crippen LogP contribution in [0.5, 0.6) is 0 Å². The van der Waals surface area contributed by atoms with Crippen LogP contribution in [0.2, 0.25) is 5.02 Å². The van der Waals surface area contributed by atoms with Crippen LogP contribution in [0.3, 0.4) is 0 Å². The maximum absolute atomic E-state index is 13.5. The Labute approximate surface area is 197 Å². The van der Waals surface area contributed by atoms with Crippen LogP contribution in [-0.2, 0) is 19.6 Å². The van der Waals surface area contributed by atoms with Crippen LogP contribution in [-0.4, -0.2) is 60.2 Å². The average Bonchev–Trinajstić information content (AvgIpc) is 3.18. The second-order valence-corrected chi connectivity index (χ2v) is 10.3. The van der Waals surface area contributed by atoms with Gasteiger partial charge in [-0.25, -0.2) is 8.42 Å². The Morgan fingerprint density at radius 3 is 2.52 bits per heavy atom. The molecule has 0 unspecified atom stereocenters. The second kappa shape index (κ2) is 9.09. The molecular formula is C23H23ClN4O4S. The van der Waals surface area contributed by atoms with Crippen molar-refractivity contribution < 1.29 is 18.0 Å². The van der Waals surface area contributed by atoms with Gasteiger partial charge in [0.25, 0.3) is 0 Å². The summed E-state index contributed by atoms with van der Waals surface area (Å²) in [7, 11) is -4.03.